The lowest BCUT2D eigenvalue weighted by atomic mass is 9.79. The number of carbonyl (C=O) groups excluding carboxylic acids is 2. The standard InChI is InChI=1S/C15H27N3O2/c16-10-12-6-2-3-7-13(12)15(20)17-11-14(19)18-8-4-1-5-9-18/h12-13H,1-11,16H2,(H,17,20). The van der Waals surface area contributed by atoms with Crippen molar-refractivity contribution in [1.82, 2.24) is 10.2 Å². The molecular formula is C15H27N3O2. The highest BCUT2D eigenvalue weighted by atomic mass is 16.2. The highest BCUT2D eigenvalue weighted by Crippen LogP contribution is 2.29. The third kappa shape index (κ3) is 3.95. The molecule has 0 bridgehead atoms. The number of piperidine rings is 1. The zero-order valence-corrected chi connectivity index (χ0v) is 12.3. The number of nitrogens with two attached hydrogens (primary N) is 1. The van der Waals surface area contributed by atoms with Gasteiger partial charge in [0.1, 0.15) is 0 Å². The Morgan fingerprint density at radius 3 is 2.45 bits per heavy atom. The summed E-state index contributed by atoms with van der Waals surface area (Å²) in [5.41, 5.74) is 5.75. The fourth-order valence-corrected chi connectivity index (χ4v) is 3.38. The average molecular weight is 281 g/mol. The van der Waals surface area contributed by atoms with E-state index >= 15 is 0 Å². The Labute approximate surface area is 121 Å². The Morgan fingerprint density at radius 1 is 1.05 bits per heavy atom. The number of nitrogens with zero attached hydrogens (tertiary/aromatic N) is 1. The maximum atomic E-state index is 12.2. The van der Waals surface area contributed by atoms with Crippen LogP contribution in [0.1, 0.15) is 44.9 Å². The Morgan fingerprint density at radius 2 is 1.75 bits per heavy atom. The second kappa shape index (κ2) is 7.62. The van der Waals surface area contributed by atoms with Gasteiger partial charge in [0.15, 0.2) is 0 Å². The van der Waals surface area contributed by atoms with Gasteiger partial charge in [-0.1, -0.05) is 12.8 Å². The first-order valence-electron chi connectivity index (χ1n) is 7.98. The maximum Gasteiger partial charge on any atom is 0.241 e. The predicted octanol–water partition coefficient (Wildman–Crippen LogP) is 0.880. The van der Waals surface area contributed by atoms with Gasteiger partial charge in [0, 0.05) is 19.0 Å². The molecule has 1 heterocycles. The summed E-state index contributed by atoms with van der Waals surface area (Å²) in [5.74, 6) is 0.361. The molecule has 2 amide bonds. The molecule has 0 aromatic rings. The van der Waals surface area contributed by atoms with E-state index < -0.39 is 0 Å². The molecule has 0 aromatic carbocycles. The molecule has 114 valence electrons. The first-order valence-corrected chi connectivity index (χ1v) is 7.98. The Balaban J connectivity index is 1.77. The summed E-state index contributed by atoms with van der Waals surface area (Å²) >= 11 is 0. The minimum atomic E-state index is 0.00269. The zero-order valence-electron chi connectivity index (χ0n) is 12.3. The average Bonchev–Trinajstić information content (AvgIpc) is 2.53. The largest absolute Gasteiger partial charge is 0.347 e. The van der Waals surface area contributed by atoms with Gasteiger partial charge >= 0.3 is 0 Å². The van der Waals surface area contributed by atoms with Crippen molar-refractivity contribution >= 4 is 11.8 Å². The molecule has 1 saturated carbocycles. The van der Waals surface area contributed by atoms with E-state index in [4.69, 9.17) is 5.73 Å². The van der Waals surface area contributed by atoms with Gasteiger partial charge in [0.2, 0.25) is 11.8 Å². The number of amides is 2. The van der Waals surface area contributed by atoms with E-state index in [2.05, 4.69) is 5.32 Å². The lowest BCUT2D eigenvalue weighted by Gasteiger charge is -2.30. The van der Waals surface area contributed by atoms with Crippen molar-refractivity contribution in [3.05, 3.63) is 0 Å². The fraction of sp³-hybridized carbons (Fsp3) is 0.867. The predicted molar refractivity (Wildman–Crippen MR) is 77.9 cm³/mol. The molecule has 3 N–H and O–H groups in total. The second-order valence-corrected chi connectivity index (χ2v) is 6.05. The van der Waals surface area contributed by atoms with E-state index in [-0.39, 0.29) is 30.2 Å². The number of likely N-dealkylation sites (tertiary alicyclic amines) is 1. The summed E-state index contributed by atoms with van der Waals surface area (Å²) in [6, 6.07) is 0. The summed E-state index contributed by atoms with van der Waals surface area (Å²) in [4.78, 5) is 26.1. The van der Waals surface area contributed by atoms with Crippen molar-refractivity contribution in [3.63, 3.8) is 0 Å². The molecule has 2 unspecified atom stereocenters. The lowest BCUT2D eigenvalue weighted by molar-refractivity contribution is -0.135. The van der Waals surface area contributed by atoms with Crippen LogP contribution >= 0.6 is 0 Å². The molecule has 5 heteroatoms. The number of hydrogen-bond acceptors (Lipinski definition) is 3. The number of nitrogens with one attached hydrogen (secondary N) is 1. The summed E-state index contributed by atoms with van der Waals surface area (Å²) in [7, 11) is 0. The van der Waals surface area contributed by atoms with Crippen LogP contribution in [0.25, 0.3) is 0 Å². The SMILES string of the molecule is NCC1CCCCC1C(=O)NCC(=O)N1CCCCC1. The molecule has 2 aliphatic rings. The Bertz CT molecular complexity index is 340. The first kappa shape index (κ1) is 15.3. The second-order valence-electron chi connectivity index (χ2n) is 6.05. The number of carbonyl (C=O) groups is 2. The maximum absolute atomic E-state index is 12.2. The fourth-order valence-electron chi connectivity index (χ4n) is 3.38. The molecule has 0 spiro atoms. The molecule has 5 nitrogen and oxygen atoms in total. The minimum absolute atomic E-state index is 0.00269. The smallest absolute Gasteiger partial charge is 0.241 e. The van der Waals surface area contributed by atoms with Gasteiger partial charge in [0.25, 0.3) is 0 Å². The Hall–Kier alpha value is -1.10. The third-order valence-electron chi connectivity index (χ3n) is 4.67. The van der Waals surface area contributed by atoms with Crippen molar-refractivity contribution in [2.45, 2.75) is 44.9 Å². The molecule has 0 radical (unpaired) electrons. The van der Waals surface area contributed by atoms with Crippen LogP contribution in [0.5, 0.6) is 0 Å². The lowest BCUT2D eigenvalue weighted by Crippen LogP contribution is -2.46. The number of rotatable bonds is 4. The number of hydrogen-bond donors (Lipinski definition) is 2. The van der Waals surface area contributed by atoms with Gasteiger partial charge in [-0.3, -0.25) is 9.59 Å². The normalized spacial score (nSPS) is 27.1. The van der Waals surface area contributed by atoms with Crippen molar-refractivity contribution < 1.29 is 9.59 Å². The quantitative estimate of drug-likeness (QED) is 0.803. The molecule has 1 aliphatic heterocycles. The van der Waals surface area contributed by atoms with Gasteiger partial charge in [-0.05, 0) is 44.6 Å². The van der Waals surface area contributed by atoms with Gasteiger partial charge in [0.05, 0.1) is 6.54 Å². The van der Waals surface area contributed by atoms with Crippen LogP contribution in [0.15, 0.2) is 0 Å². The van der Waals surface area contributed by atoms with Crippen LogP contribution in [0.4, 0.5) is 0 Å². The van der Waals surface area contributed by atoms with Crippen LogP contribution in [-0.2, 0) is 9.59 Å². The molecular weight excluding hydrogens is 254 g/mol. The van der Waals surface area contributed by atoms with Crippen LogP contribution in [0.2, 0.25) is 0 Å². The highest BCUT2D eigenvalue weighted by molar-refractivity contribution is 5.86. The molecule has 2 atom stereocenters. The van der Waals surface area contributed by atoms with Crippen molar-refractivity contribution in [1.29, 1.82) is 0 Å². The van der Waals surface area contributed by atoms with Crippen molar-refractivity contribution in [3.8, 4) is 0 Å². The van der Waals surface area contributed by atoms with E-state index in [1.165, 1.54) is 12.8 Å². The van der Waals surface area contributed by atoms with Crippen LogP contribution in [0, 0.1) is 11.8 Å². The summed E-state index contributed by atoms with van der Waals surface area (Å²) in [6.07, 6.45) is 7.57. The van der Waals surface area contributed by atoms with Crippen LogP contribution in [-0.4, -0.2) is 42.9 Å². The van der Waals surface area contributed by atoms with Gasteiger partial charge in [-0.25, -0.2) is 0 Å². The monoisotopic (exact) mass is 281 g/mol. The van der Waals surface area contributed by atoms with E-state index in [9.17, 15) is 9.59 Å². The minimum Gasteiger partial charge on any atom is -0.347 e. The van der Waals surface area contributed by atoms with E-state index in [0.717, 1.165) is 45.2 Å². The van der Waals surface area contributed by atoms with Crippen molar-refractivity contribution in [2.24, 2.45) is 17.6 Å². The molecule has 2 fully saturated rings. The summed E-state index contributed by atoms with van der Waals surface area (Å²) < 4.78 is 0. The summed E-state index contributed by atoms with van der Waals surface area (Å²) in [6.45, 7) is 2.39. The molecule has 20 heavy (non-hydrogen) atoms. The van der Waals surface area contributed by atoms with E-state index in [0.29, 0.717) is 6.54 Å². The van der Waals surface area contributed by atoms with Crippen molar-refractivity contribution in [2.75, 3.05) is 26.2 Å². The van der Waals surface area contributed by atoms with E-state index in [1.54, 1.807) is 0 Å². The van der Waals surface area contributed by atoms with E-state index in [1.807, 2.05) is 4.90 Å². The third-order valence-corrected chi connectivity index (χ3v) is 4.67. The molecule has 2 rings (SSSR count). The Kier molecular flexibility index (Phi) is 5.83. The molecule has 1 aliphatic carbocycles. The highest BCUT2D eigenvalue weighted by Gasteiger charge is 2.30. The molecule has 1 saturated heterocycles. The molecule has 0 aromatic heterocycles. The van der Waals surface area contributed by atoms with Gasteiger partial charge in [-0.2, -0.15) is 0 Å². The van der Waals surface area contributed by atoms with Gasteiger partial charge in [-0.15, -0.1) is 0 Å². The van der Waals surface area contributed by atoms with Gasteiger partial charge < -0.3 is 16.0 Å². The topological polar surface area (TPSA) is 75.4 Å². The summed E-state index contributed by atoms with van der Waals surface area (Å²) in [5, 5.41) is 2.83. The first-order chi connectivity index (χ1) is 9.72. The van der Waals surface area contributed by atoms with Crippen LogP contribution < -0.4 is 11.1 Å². The zero-order chi connectivity index (χ0) is 14.4. The van der Waals surface area contributed by atoms with Crippen LogP contribution in [0.3, 0.4) is 0 Å².